The zero-order valence-electron chi connectivity index (χ0n) is 10.6. The van der Waals surface area contributed by atoms with Crippen molar-refractivity contribution in [1.82, 2.24) is 9.88 Å². The highest BCUT2D eigenvalue weighted by molar-refractivity contribution is 6.42. The van der Waals surface area contributed by atoms with Gasteiger partial charge in [0.15, 0.2) is 0 Å². The second kappa shape index (κ2) is 5.58. The third kappa shape index (κ3) is 3.14. The number of nitrogens with zero attached hydrogens (tertiary/aromatic N) is 1. The van der Waals surface area contributed by atoms with Gasteiger partial charge in [0, 0.05) is 31.0 Å². The van der Waals surface area contributed by atoms with Crippen LogP contribution in [0.5, 0.6) is 0 Å². The Balaban J connectivity index is 1.75. The van der Waals surface area contributed by atoms with Crippen LogP contribution in [-0.2, 0) is 13.1 Å². The Morgan fingerprint density at radius 2 is 2.00 bits per heavy atom. The van der Waals surface area contributed by atoms with Gasteiger partial charge in [-0.1, -0.05) is 35.3 Å². The van der Waals surface area contributed by atoms with Gasteiger partial charge < -0.3 is 9.88 Å². The van der Waals surface area contributed by atoms with Gasteiger partial charge in [-0.25, -0.2) is 0 Å². The Morgan fingerprint density at radius 1 is 1.16 bits per heavy atom. The second-order valence-electron chi connectivity index (χ2n) is 5.00. The number of hydrogen-bond donors (Lipinski definition) is 1. The molecule has 1 aliphatic rings. The van der Waals surface area contributed by atoms with Crippen molar-refractivity contribution in [3.8, 4) is 0 Å². The van der Waals surface area contributed by atoms with Crippen LogP contribution >= 0.6 is 23.2 Å². The first-order chi connectivity index (χ1) is 9.24. The maximum Gasteiger partial charge on any atom is 0.0642 e. The first-order valence-corrected chi connectivity index (χ1v) is 7.30. The molecule has 0 saturated heterocycles. The SMILES string of the molecule is Clc1cccc(Cn2cccc2CNC2CC2)c1Cl. The average molecular weight is 295 g/mol. The van der Waals surface area contributed by atoms with Crippen molar-refractivity contribution in [2.24, 2.45) is 0 Å². The smallest absolute Gasteiger partial charge is 0.0642 e. The number of hydrogen-bond acceptors (Lipinski definition) is 1. The van der Waals surface area contributed by atoms with Crippen LogP contribution in [0.2, 0.25) is 10.0 Å². The molecule has 0 bridgehead atoms. The van der Waals surface area contributed by atoms with Crippen molar-refractivity contribution < 1.29 is 0 Å². The Kier molecular flexibility index (Phi) is 3.83. The molecule has 4 heteroatoms. The minimum atomic E-state index is 0.615. The van der Waals surface area contributed by atoms with Crippen LogP contribution in [0.1, 0.15) is 24.1 Å². The standard InChI is InChI=1S/C15H16Cl2N2/c16-14-5-1-3-11(15(14)17)10-19-8-2-4-13(19)9-18-12-6-7-12/h1-5,8,12,18H,6-7,9-10H2. The molecule has 1 fully saturated rings. The molecule has 2 nitrogen and oxygen atoms in total. The molecule has 0 spiro atoms. The van der Waals surface area contributed by atoms with Gasteiger partial charge in [-0.05, 0) is 36.6 Å². The highest BCUT2D eigenvalue weighted by Crippen LogP contribution is 2.26. The monoisotopic (exact) mass is 294 g/mol. The Morgan fingerprint density at radius 3 is 2.79 bits per heavy atom. The van der Waals surface area contributed by atoms with E-state index in [2.05, 4.69) is 28.2 Å². The summed E-state index contributed by atoms with van der Waals surface area (Å²) < 4.78 is 2.22. The molecule has 1 N–H and O–H groups in total. The number of halogens is 2. The summed E-state index contributed by atoms with van der Waals surface area (Å²) in [5.74, 6) is 0. The Hall–Kier alpha value is -0.960. The van der Waals surface area contributed by atoms with Gasteiger partial charge in [-0.15, -0.1) is 0 Å². The summed E-state index contributed by atoms with van der Waals surface area (Å²) in [6, 6.07) is 10.7. The molecule has 0 aliphatic heterocycles. The van der Waals surface area contributed by atoms with Gasteiger partial charge in [0.05, 0.1) is 10.0 Å². The second-order valence-corrected chi connectivity index (χ2v) is 5.78. The van der Waals surface area contributed by atoms with E-state index in [0.29, 0.717) is 10.0 Å². The van der Waals surface area contributed by atoms with Crippen molar-refractivity contribution in [3.05, 3.63) is 57.8 Å². The minimum Gasteiger partial charge on any atom is -0.346 e. The first-order valence-electron chi connectivity index (χ1n) is 6.54. The van der Waals surface area contributed by atoms with E-state index in [1.807, 2.05) is 18.2 Å². The zero-order valence-corrected chi connectivity index (χ0v) is 12.1. The number of nitrogens with one attached hydrogen (secondary N) is 1. The molecular weight excluding hydrogens is 279 g/mol. The lowest BCUT2D eigenvalue weighted by Crippen LogP contribution is -2.18. The van der Waals surface area contributed by atoms with E-state index in [1.165, 1.54) is 18.5 Å². The lowest BCUT2D eigenvalue weighted by molar-refractivity contribution is 0.634. The predicted octanol–water partition coefficient (Wildman–Crippen LogP) is 4.10. The molecule has 1 aromatic heterocycles. The predicted molar refractivity (Wildman–Crippen MR) is 79.9 cm³/mol. The van der Waals surface area contributed by atoms with Gasteiger partial charge in [0.25, 0.3) is 0 Å². The molecule has 0 unspecified atom stereocenters. The summed E-state index contributed by atoms with van der Waals surface area (Å²) in [4.78, 5) is 0. The molecule has 0 radical (unpaired) electrons. The van der Waals surface area contributed by atoms with Gasteiger partial charge in [0.2, 0.25) is 0 Å². The van der Waals surface area contributed by atoms with Gasteiger partial charge in [-0.2, -0.15) is 0 Å². The summed E-state index contributed by atoms with van der Waals surface area (Å²) in [5, 5.41) is 4.80. The third-order valence-electron chi connectivity index (χ3n) is 3.45. The van der Waals surface area contributed by atoms with Crippen molar-refractivity contribution >= 4 is 23.2 Å². The van der Waals surface area contributed by atoms with Gasteiger partial charge >= 0.3 is 0 Å². The maximum atomic E-state index is 6.24. The third-order valence-corrected chi connectivity index (χ3v) is 4.30. The molecule has 100 valence electrons. The summed E-state index contributed by atoms with van der Waals surface area (Å²) in [6.07, 6.45) is 4.70. The largest absolute Gasteiger partial charge is 0.346 e. The zero-order chi connectivity index (χ0) is 13.2. The highest BCUT2D eigenvalue weighted by atomic mass is 35.5. The van der Waals surface area contributed by atoms with Crippen LogP contribution in [0.4, 0.5) is 0 Å². The molecule has 0 amide bonds. The topological polar surface area (TPSA) is 17.0 Å². The first kappa shape index (κ1) is 13.0. The Labute approximate surface area is 123 Å². The number of aromatic nitrogens is 1. The molecule has 2 aromatic rings. The van der Waals surface area contributed by atoms with Crippen LogP contribution in [0.15, 0.2) is 36.5 Å². The fourth-order valence-electron chi connectivity index (χ4n) is 2.15. The van der Waals surface area contributed by atoms with E-state index in [-0.39, 0.29) is 0 Å². The van der Waals surface area contributed by atoms with Gasteiger partial charge in [0.1, 0.15) is 0 Å². The lowest BCUT2D eigenvalue weighted by Gasteiger charge is -2.12. The highest BCUT2D eigenvalue weighted by Gasteiger charge is 2.20. The normalized spacial score (nSPS) is 14.8. The van der Waals surface area contributed by atoms with Crippen molar-refractivity contribution in [3.63, 3.8) is 0 Å². The molecule has 1 aromatic carbocycles. The van der Waals surface area contributed by atoms with Crippen LogP contribution in [0, 0.1) is 0 Å². The summed E-state index contributed by atoms with van der Waals surface area (Å²) in [7, 11) is 0. The van der Waals surface area contributed by atoms with E-state index < -0.39 is 0 Å². The summed E-state index contributed by atoms with van der Waals surface area (Å²) >= 11 is 12.3. The number of benzene rings is 1. The fraction of sp³-hybridized carbons (Fsp3) is 0.333. The van der Waals surface area contributed by atoms with Crippen molar-refractivity contribution in [1.29, 1.82) is 0 Å². The Bertz CT molecular complexity index is 573. The van der Waals surface area contributed by atoms with Crippen LogP contribution < -0.4 is 5.32 Å². The van der Waals surface area contributed by atoms with Crippen LogP contribution in [-0.4, -0.2) is 10.6 Å². The molecule has 0 atom stereocenters. The van der Waals surface area contributed by atoms with E-state index in [0.717, 1.165) is 24.7 Å². The quantitative estimate of drug-likeness (QED) is 0.879. The van der Waals surface area contributed by atoms with Crippen LogP contribution in [0.3, 0.4) is 0 Å². The van der Waals surface area contributed by atoms with E-state index in [9.17, 15) is 0 Å². The van der Waals surface area contributed by atoms with E-state index >= 15 is 0 Å². The average Bonchev–Trinajstić information content (AvgIpc) is 3.13. The molecule has 3 rings (SSSR count). The van der Waals surface area contributed by atoms with E-state index in [4.69, 9.17) is 23.2 Å². The molecule has 1 heterocycles. The lowest BCUT2D eigenvalue weighted by atomic mass is 10.2. The van der Waals surface area contributed by atoms with Crippen molar-refractivity contribution in [2.75, 3.05) is 0 Å². The van der Waals surface area contributed by atoms with E-state index in [1.54, 1.807) is 0 Å². The van der Waals surface area contributed by atoms with Crippen molar-refractivity contribution in [2.45, 2.75) is 32.0 Å². The molecule has 1 aliphatic carbocycles. The fourth-order valence-corrected chi connectivity index (χ4v) is 2.53. The molecule has 1 saturated carbocycles. The minimum absolute atomic E-state index is 0.615. The van der Waals surface area contributed by atoms with Gasteiger partial charge in [-0.3, -0.25) is 0 Å². The maximum absolute atomic E-state index is 6.24. The number of rotatable bonds is 5. The molecule has 19 heavy (non-hydrogen) atoms. The summed E-state index contributed by atoms with van der Waals surface area (Å²) in [6.45, 7) is 1.67. The van der Waals surface area contributed by atoms with Crippen LogP contribution in [0.25, 0.3) is 0 Å². The molecular formula is C15H16Cl2N2. The summed E-state index contributed by atoms with van der Waals surface area (Å²) in [5.41, 5.74) is 2.33.